The van der Waals surface area contributed by atoms with Crippen LogP contribution < -0.4 is 4.74 Å². The van der Waals surface area contributed by atoms with Crippen molar-refractivity contribution in [2.75, 3.05) is 7.11 Å². The van der Waals surface area contributed by atoms with E-state index >= 15 is 0 Å². The second-order valence-electron chi connectivity index (χ2n) is 4.69. The molecule has 0 saturated heterocycles. The van der Waals surface area contributed by atoms with Crippen molar-refractivity contribution in [3.63, 3.8) is 0 Å². The van der Waals surface area contributed by atoms with Crippen LogP contribution in [0.5, 0.6) is 5.75 Å². The van der Waals surface area contributed by atoms with E-state index in [9.17, 15) is 0 Å². The van der Waals surface area contributed by atoms with Crippen LogP contribution >= 0.6 is 27.7 Å². The average molecular weight is 404 g/mol. The largest absolute Gasteiger partial charge is 0.496 e. The van der Waals surface area contributed by atoms with Crippen molar-refractivity contribution < 1.29 is 4.74 Å². The van der Waals surface area contributed by atoms with E-state index in [-0.39, 0.29) is 0 Å². The van der Waals surface area contributed by atoms with Gasteiger partial charge >= 0.3 is 0 Å². The Bertz CT molecular complexity index is 850. The third-order valence-corrected chi connectivity index (χ3v) is 4.44. The SMILES string of the molecule is C=CCn1c(Sc2ncc(Br)cn2)nnc1-c1ccccc1OC. The van der Waals surface area contributed by atoms with E-state index in [0.717, 1.165) is 15.8 Å². The van der Waals surface area contributed by atoms with Crippen LogP contribution in [0.4, 0.5) is 0 Å². The average Bonchev–Trinajstić information content (AvgIpc) is 2.99. The molecular formula is C16H14BrN5OS. The fraction of sp³-hybridized carbons (Fsp3) is 0.125. The smallest absolute Gasteiger partial charge is 0.199 e. The zero-order chi connectivity index (χ0) is 16.9. The fourth-order valence-corrected chi connectivity index (χ4v) is 3.05. The van der Waals surface area contributed by atoms with Crippen LogP contribution in [-0.4, -0.2) is 31.8 Å². The monoisotopic (exact) mass is 403 g/mol. The molecule has 2 heterocycles. The van der Waals surface area contributed by atoms with E-state index < -0.39 is 0 Å². The van der Waals surface area contributed by atoms with Gasteiger partial charge in [-0.05, 0) is 39.8 Å². The molecule has 122 valence electrons. The number of rotatable bonds is 6. The van der Waals surface area contributed by atoms with Crippen LogP contribution in [0.1, 0.15) is 0 Å². The van der Waals surface area contributed by atoms with Gasteiger partial charge in [0, 0.05) is 18.9 Å². The van der Waals surface area contributed by atoms with E-state index in [2.05, 4.69) is 42.7 Å². The minimum atomic E-state index is 0.569. The van der Waals surface area contributed by atoms with E-state index in [1.807, 2.05) is 28.8 Å². The van der Waals surface area contributed by atoms with Gasteiger partial charge < -0.3 is 4.74 Å². The second-order valence-corrected chi connectivity index (χ2v) is 6.54. The first kappa shape index (κ1) is 16.7. The number of benzene rings is 1. The first-order valence-corrected chi connectivity index (χ1v) is 8.66. The van der Waals surface area contributed by atoms with E-state index in [1.165, 1.54) is 11.8 Å². The third kappa shape index (κ3) is 3.49. The molecule has 0 aliphatic carbocycles. The van der Waals surface area contributed by atoms with E-state index in [0.29, 0.717) is 22.7 Å². The molecule has 0 aliphatic heterocycles. The summed E-state index contributed by atoms with van der Waals surface area (Å²) in [6.07, 6.45) is 5.20. The van der Waals surface area contributed by atoms with E-state index in [4.69, 9.17) is 4.74 Å². The number of methoxy groups -OCH3 is 1. The van der Waals surface area contributed by atoms with Gasteiger partial charge in [0.15, 0.2) is 16.1 Å². The quantitative estimate of drug-likeness (QED) is 0.460. The molecule has 3 rings (SSSR count). The molecule has 0 atom stereocenters. The number of allylic oxidation sites excluding steroid dienone is 1. The summed E-state index contributed by atoms with van der Waals surface area (Å²) < 4.78 is 8.22. The van der Waals surface area contributed by atoms with Gasteiger partial charge in [-0.2, -0.15) is 0 Å². The first-order chi connectivity index (χ1) is 11.7. The van der Waals surface area contributed by atoms with Gasteiger partial charge in [0.1, 0.15) is 5.75 Å². The maximum absolute atomic E-state index is 5.43. The Morgan fingerprint density at radius 3 is 2.71 bits per heavy atom. The van der Waals surface area contributed by atoms with Crippen molar-refractivity contribution in [1.29, 1.82) is 0 Å². The summed E-state index contributed by atoms with van der Waals surface area (Å²) in [6.45, 7) is 4.39. The molecule has 0 N–H and O–H groups in total. The minimum Gasteiger partial charge on any atom is -0.496 e. The highest BCUT2D eigenvalue weighted by Gasteiger charge is 2.17. The van der Waals surface area contributed by atoms with Crippen molar-refractivity contribution >= 4 is 27.7 Å². The Labute approximate surface area is 152 Å². The van der Waals surface area contributed by atoms with Crippen LogP contribution in [0.2, 0.25) is 0 Å². The molecule has 0 fully saturated rings. The third-order valence-electron chi connectivity index (χ3n) is 3.16. The highest BCUT2D eigenvalue weighted by Crippen LogP contribution is 2.32. The molecule has 0 amide bonds. The Morgan fingerprint density at radius 2 is 2.00 bits per heavy atom. The number of nitrogens with zero attached hydrogens (tertiary/aromatic N) is 5. The van der Waals surface area contributed by atoms with Crippen molar-refractivity contribution in [1.82, 2.24) is 24.7 Å². The highest BCUT2D eigenvalue weighted by molar-refractivity contribution is 9.10. The number of para-hydroxylation sites is 1. The van der Waals surface area contributed by atoms with Crippen molar-refractivity contribution in [3.05, 3.63) is 53.8 Å². The lowest BCUT2D eigenvalue weighted by atomic mass is 10.2. The van der Waals surface area contributed by atoms with Gasteiger partial charge in [0.2, 0.25) is 0 Å². The molecule has 8 heteroatoms. The highest BCUT2D eigenvalue weighted by atomic mass is 79.9. The predicted octanol–water partition coefficient (Wildman–Crippen LogP) is 3.84. The Kier molecular flexibility index (Phi) is 5.27. The molecule has 3 aromatic rings. The summed E-state index contributed by atoms with van der Waals surface area (Å²) in [6, 6.07) is 7.71. The standard InChI is InChI=1S/C16H14BrN5OS/c1-3-8-22-14(12-6-4-5-7-13(12)23-2)20-21-16(22)24-15-18-9-11(17)10-19-15/h3-7,9-10H,1,8H2,2H3. The first-order valence-electron chi connectivity index (χ1n) is 7.06. The van der Waals surface area contributed by atoms with Crippen LogP contribution in [0.3, 0.4) is 0 Å². The molecule has 24 heavy (non-hydrogen) atoms. The molecule has 0 saturated carbocycles. The number of ether oxygens (including phenoxy) is 1. The lowest BCUT2D eigenvalue weighted by Crippen LogP contribution is -2.02. The van der Waals surface area contributed by atoms with Crippen molar-refractivity contribution in [3.8, 4) is 17.1 Å². The topological polar surface area (TPSA) is 65.7 Å². The summed E-state index contributed by atoms with van der Waals surface area (Å²) in [5.74, 6) is 1.46. The van der Waals surface area contributed by atoms with Crippen molar-refractivity contribution in [2.24, 2.45) is 0 Å². The zero-order valence-electron chi connectivity index (χ0n) is 12.9. The molecule has 6 nitrogen and oxygen atoms in total. The zero-order valence-corrected chi connectivity index (χ0v) is 15.3. The van der Waals surface area contributed by atoms with Gasteiger partial charge in [0.05, 0.1) is 17.1 Å². The molecule has 0 aliphatic rings. The van der Waals surface area contributed by atoms with Gasteiger partial charge in [-0.15, -0.1) is 16.8 Å². The molecule has 0 spiro atoms. The number of hydrogen-bond donors (Lipinski definition) is 0. The predicted molar refractivity (Wildman–Crippen MR) is 96.1 cm³/mol. The normalized spacial score (nSPS) is 10.6. The fourth-order valence-electron chi connectivity index (χ4n) is 2.12. The number of hydrogen-bond acceptors (Lipinski definition) is 6. The Balaban J connectivity index is 2.01. The Morgan fingerprint density at radius 1 is 1.25 bits per heavy atom. The molecule has 0 bridgehead atoms. The van der Waals surface area contributed by atoms with Crippen LogP contribution in [0.25, 0.3) is 11.4 Å². The minimum absolute atomic E-state index is 0.569. The van der Waals surface area contributed by atoms with Crippen molar-refractivity contribution in [2.45, 2.75) is 16.9 Å². The number of halogens is 1. The van der Waals surface area contributed by atoms with Gasteiger partial charge in [-0.3, -0.25) is 4.57 Å². The molecule has 0 unspecified atom stereocenters. The van der Waals surface area contributed by atoms with E-state index in [1.54, 1.807) is 25.6 Å². The van der Waals surface area contributed by atoms with Gasteiger partial charge in [-0.1, -0.05) is 18.2 Å². The van der Waals surface area contributed by atoms with Crippen LogP contribution in [0.15, 0.2) is 64.1 Å². The maximum Gasteiger partial charge on any atom is 0.199 e. The molecule has 2 aromatic heterocycles. The molecule has 1 aromatic carbocycles. The lowest BCUT2D eigenvalue weighted by molar-refractivity contribution is 0.416. The van der Waals surface area contributed by atoms with Gasteiger partial charge in [-0.25, -0.2) is 9.97 Å². The van der Waals surface area contributed by atoms with Crippen LogP contribution in [0, 0.1) is 0 Å². The lowest BCUT2D eigenvalue weighted by Gasteiger charge is -2.10. The maximum atomic E-state index is 5.43. The second kappa shape index (κ2) is 7.59. The summed E-state index contributed by atoms with van der Waals surface area (Å²) in [4.78, 5) is 8.53. The summed E-state index contributed by atoms with van der Waals surface area (Å²) in [7, 11) is 1.64. The summed E-state index contributed by atoms with van der Waals surface area (Å²) in [5.41, 5.74) is 0.873. The Hall–Kier alpha value is -2.19. The van der Waals surface area contributed by atoms with Gasteiger partial charge in [0.25, 0.3) is 0 Å². The summed E-state index contributed by atoms with van der Waals surface area (Å²) in [5, 5.41) is 9.90. The molecule has 0 radical (unpaired) electrons. The molecular weight excluding hydrogens is 390 g/mol. The summed E-state index contributed by atoms with van der Waals surface area (Å²) >= 11 is 4.68. The van der Waals surface area contributed by atoms with Crippen LogP contribution in [-0.2, 0) is 6.54 Å². The number of aromatic nitrogens is 5.